The van der Waals surface area contributed by atoms with Crippen molar-refractivity contribution in [3.63, 3.8) is 0 Å². The first-order chi connectivity index (χ1) is 8.88. The molecule has 1 rings (SSSR count). The van der Waals surface area contributed by atoms with Crippen molar-refractivity contribution in [1.82, 2.24) is 0 Å². The zero-order valence-electron chi connectivity index (χ0n) is 10.1. The number of hydrogen-bond acceptors (Lipinski definition) is 2. The lowest BCUT2D eigenvalue weighted by molar-refractivity contribution is -0.365. The van der Waals surface area contributed by atoms with Crippen molar-refractivity contribution in [2.24, 2.45) is 0 Å². The molecule has 0 spiro atoms. The number of aliphatic hydroxyl groups is 1. The summed E-state index contributed by atoms with van der Waals surface area (Å²) in [6.07, 6.45) is -14.1. The smallest absolute Gasteiger partial charge is 0.373 e. The van der Waals surface area contributed by atoms with E-state index in [1.165, 1.54) is 12.1 Å². The molecular weight excluding hydrogens is 290 g/mol. The van der Waals surface area contributed by atoms with Crippen molar-refractivity contribution < 1.29 is 36.2 Å². The van der Waals surface area contributed by atoms with Gasteiger partial charge in [-0.3, -0.25) is 4.79 Å². The number of alkyl halides is 6. The van der Waals surface area contributed by atoms with Crippen LogP contribution in [0.4, 0.5) is 26.3 Å². The summed E-state index contributed by atoms with van der Waals surface area (Å²) in [5.74, 6) is -1.44. The minimum absolute atomic E-state index is 0.331. The Kier molecular flexibility index (Phi) is 4.19. The standard InChI is InChI=1S/C12H10F6O2/c1-7-2-4-8(5-3-7)9(19)6-10(20,11(13,14)15)12(16,17)18/h2-5,20H,6H2,1H3. The van der Waals surface area contributed by atoms with Crippen LogP contribution in [0.2, 0.25) is 0 Å². The highest BCUT2D eigenvalue weighted by Crippen LogP contribution is 2.45. The summed E-state index contributed by atoms with van der Waals surface area (Å²) in [6, 6.07) is 4.94. The lowest BCUT2D eigenvalue weighted by Crippen LogP contribution is -2.57. The largest absolute Gasteiger partial charge is 0.426 e. The highest BCUT2D eigenvalue weighted by molar-refractivity contribution is 5.96. The van der Waals surface area contributed by atoms with Gasteiger partial charge in [-0.15, -0.1) is 0 Å². The molecule has 1 N–H and O–H groups in total. The summed E-state index contributed by atoms with van der Waals surface area (Å²) in [4.78, 5) is 11.5. The van der Waals surface area contributed by atoms with Gasteiger partial charge in [0.25, 0.3) is 5.60 Å². The minimum atomic E-state index is -5.99. The maximum atomic E-state index is 12.4. The Hall–Kier alpha value is -1.57. The molecule has 112 valence electrons. The Morgan fingerprint density at radius 3 is 1.75 bits per heavy atom. The van der Waals surface area contributed by atoms with E-state index in [0.717, 1.165) is 12.1 Å². The third kappa shape index (κ3) is 3.12. The molecule has 0 heterocycles. The summed E-state index contributed by atoms with van der Waals surface area (Å²) >= 11 is 0. The van der Waals surface area contributed by atoms with E-state index in [0.29, 0.717) is 5.56 Å². The molecule has 2 nitrogen and oxygen atoms in total. The Morgan fingerprint density at radius 2 is 1.40 bits per heavy atom. The fraction of sp³-hybridized carbons (Fsp3) is 0.417. The predicted octanol–water partition coefficient (Wildman–Crippen LogP) is 3.42. The average Bonchev–Trinajstić information content (AvgIpc) is 2.26. The number of hydrogen-bond donors (Lipinski definition) is 1. The molecule has 1 aromatic carbocycles. The van der Waals surface area contributed by atoms with Gasteiger partial charge >= 0.3 is 12.4 Å². The molecule has 0 aliphatic heterocycles. The predicted molar refractivity (Wildman–Crippen MR) is 57.2 cm³/mol. The van der Waals surface area contributed by atoms with Crippen molar-refractivity contribution in [3.8, 4) is 0 Å². The van der Waals surface area contributed by atoms with Gasteiger partial charge in [0, 0.05) is 5.56 Å². The number of carbonyl (C=O) groups excluding carboxylic acids is 1. The molecular formula is C12H10F6O2. The van der Waals surface area contributed by atoms with E-state index in [-0.39, 0.29) is 5.56 Å². The molecule has 0 bridgehead atoms. The molecule has 0 atom stereocenters. The quantitative estimate of drug-likeness (QED) is 0.686. The fourth-order valence-electron chi connectivity index (χ4n) is 1.44. The molecule has 8 heteroatoms. The lowest BCUT2D eigenvalue weighted by atomic mass is 9.92. The maximum Gasteiger partial charge on any atom is 0.426 e. The molecule has 0 saturated carbocycles. The number of benzene rings is 1. The number of halogens is 6. The average molecular weight is 300 g/mol. The Labute approximate surface area is 110 Å². The van der Waals surface area contributed by atoms with Gasteiger partial charge in [-0.05, 0) is 6.92 Å². The molecule has 0 saturated heterocycles. The number of aryl methyl sites for hydroxylation is 1. The Balaban J connectivity index is 3.09. The van der Waals surface area contributed by atoms with Crippen molar-refractivity contribution in [2.75, 3.05) is 0 Å². The van der Waals surface area contributed by atoms with Crippen LogP contribution in [-0.4, -0.2) is 28.8 Å². The molecule has 0 aromatic heterocycles. The van der Waals surface area contributed by atoms with Crippen molar-refractivity contribution >= 4 is 5.78 Å². The number of Topliss-reactive ketones (excluding diaryl/α,β-unsaturated/α-hetero) is 1. The van der Waals surface area contributed by atoms with Crippen LogP contribution in [0.5, 0.6) is 0 Å². The van der Waals surface area contributed by atoms with Gasteiger partial charge in [0.2, 0.25) is 0 Å². The van der Waals surface area contributed by atoms with Crippen LogP contribution in [0.3, 0.4) is 0 Å². The summed E-state index contributed by atoms with van der Waals surface area (Å²) in [6.45, 7) is 1.63. The van der Waals surface area contributed by atoms with Gasteiger partial charge in [0.1, 0.15) is 0 Å². The van der Waals surface area contributed by atoms with Gasteiger partial charge < -0.3 is 5.11 Å². The minimum Gasteiger partial charge on any atom is -0.373 e. The van der Waals surface area contributed by atoms with E-state index >= 15 is 0 Å². The van der Waals surface area contributed by atoms with Gasteiger partial charge in [0.15, 0.2) is 5.78 Å². The second kappa shape index (κ2) is 5.08. The summed E-state index contributed by atoms with van der Waals surface area (Å²) in [7, 11) is 0. The van der Waals surface area contributed by atoms with E-state index in [1.54, 1.807) is 6.92 Å². The first-order valence-corrected chi connectivity index (χ1v) is 5.34. The van der Waals surface area contributed by atoms with Crippen LogP contribution in [0.1, 0.15) is 22.3 Å². The van der Waals surface area contributed by atoms with Crippen LogP contribution in [-0.2, 0) is 0 Å². The third-order valence-corrected chi connectivity index (χ3v) is 2.73. The Bertz CT molecular complexity index is 472. The monoisotopic (exact) mass is 300 g/mol. The maximum absolute atomic E-state index is 12.4. The molecule has 0 aliphatic rings. The van der Waals surface area contributed by atoms with Crippen molar-refractivity contribution in [3.05, 3.63) is 35.4 Å². The Morgan fingerprint density at radius 1 is 1.00 bits per heavy atom. The van der Waals surface area contributed by atoms with Crippen LogP contribution in [0.25, 0.3) is 0 Å². The molecule has 0 fully saturated rings. The van der Waals surface area contributed by atoms with E-state index in [2.05, 4.69) is 0 Å². The number of carbonyl (C=O) groups is 1. The molecule has 0 aliphatic carbocycles. The normalized spacial score (nSPS) is 13.4. The van der Waals surface area contributed by atoms with Crippen LogP contribution in [0.15, 0.2) is 24.3 Å². The third-order valence-electron chi connectivity index (χ3n) is 2.73. The second-order valence-electron chi connectivity index (χ2n) is 4.32. The van der Waals surface area contributed by atoms with E-state index in [4.69, 9.17) is 5.11 Å². The van der Waals surface area contributed by atoms with Crippen molar-refractivity contribution in [2.45, 2.75) is 31.3 Å². The van der Waals surface area contributed by atoms with Crippen molar-refractivity contribution in [1.29, 1.82) is 0 Å². The molecule has 1 aromatic rings. The van der Waals surface area contributed by atoms with E-state index in [1.807, 2.05) is 0 Å². The summed E-state index contributed by atoms with van der Waals surface area (Å²) in [5, 5.41) is 8.90. The van der Waals surface area contributed by atoms with E-state index < -0.39 is 30.2 Å². The molecule has 0 amide bonds. The van der Waals surface area contributed by atoms with Crippen LogP contribution in [0, 0.1) is 6.92 Å². The first-order valence-electron chi connectivity index (χ1n) is 5.34. The molecule has 20 heavy (non-hydrogen) atoms. The molecule has 0 radical (unpaired) electrons. The summed E-state index contributed by atoms with van der Waals surface area (Å²) in [5.41, 5.74) is -4.70. The zero-order valence-corrected chi connectivity index (χ0v) is 10.1. The SMILES string of the molecule is Cc1ccc(C(=O)CC(O)(C(F)(F)F)C(F)(F)F)cc1. The highest BCUT2D eigenvalue weighted by Gasteiger charge is 2.70. The van der Waals surface area contributed by atoms with Gasteiger partial charge in [-0.1, -0.05) is 29.8 Å². The highest BCUT2D eigenvalue weighted by atomic mass is 19.4. The van der Waals surface area contributed by atoms with E-state index in [9.17, 15) is 31.1 Å². The van der Waals surface area contributed by atoms with Gasteiger partial charge in [-0.2, -0.15) is 26.3 Å². The fourth-order valence-corrected chi connectivity index (χ4v) is 1.44. The first kappa shape index (κ1) is 16.5. The second-order valence-corrected chi connectivity index (χ2v) is 4.32. The van der Waals surface area contributed by atoms with Gasteiger partial charge in [-0.25, -0.2) is 0 Å². The van der Waals surface area contributed by atoms with Crippen LogP contribution < -0.4 is 0 Å². The van der Waals surface area contributed by atoms with Gasteiger partial charge in [0.05, 0.1) is 6.42 Å². The zero-order chi connectivity index (χ0) is 15.8. The summed E-state index contributed by atoms with van der Waals surface area (Å²) < 4.78 is 74.5. The number of rotatable bonds is 3. The molecule has 0 unspecified atom stereocenters. The number of ketones is 1. The lowest BCUT2D eigenvalue weighted by Gasteiger charge is -2.31. The topological polar surface area (TPSA) is 37.3 Å². The van der Waals surface area contributed by atoms with Crippen LogP contribution >= 0.6 is 0 Å².